The van der Waals surface area contributed by atoms with Crippen molar-refractivity contribution in [2.24, 2.45) is 0 Å². The molecule has 1 fully saturated rings. The van der Waals surface area contributed by atoms with Crippen molar-refractivity contribution in [3.63, 3.8) is 0 Å². The Labute approximate surface area is 495 Å². The maximum absolute atomic E-state index is 13.4. The van der Waals surface area contributed by atoms with Crippen molar-refractivity contribution in [3.05, 3.63) is 33.9 Å². The number of benzene rings is 1. The van der Waals surface area contributed by atoms with Crippen LogP contribution in [0.4, 0.5) is 5.69 Å². The van der Waals surface area contributed by atoms with Gasteiger partial charge < -0.3 is 60.2 Å². The number of carbonyl (C=O) groups is 2. The lowest BCUT2D eigenvalue weighted by Gasteiger charge is -2.42. The number of aromatic hydroxyl groups is 1. The molecule has 1 aromatic rings. The van der Waals surface area contributed by atoms with Crippen LogP contribution < -0.4 is 10.6 Å². The number of amides is 2. The smallest absolute Gasteiger partial charge is 0.310 e. The Morgan fingerprint density at radius 1 is 0.622 bits per heavy atom. The molecule has 8 atom stereocenters. The molecule has 1 aromatic carbocycles. The van der Waals surface area contributed by atoms with E-state index in [1.165, 1.54) is 192 Å². The molecule has 1 aliphatic rings. The van der Waals surface area contributed by atoms with E-state index in [0.29, 0.717) is 44.4 Å². The van der Waals surface area contributed by atoms with Gasteiger partial charge in [-0.25, -0.2) is 0 Å². The van der Waals surface area contributed by atoms with Crippen molar-refractivity contribution >= 4 is 17.5 Å². The number of nitrogens with one attached hydrogen (secondary N) is 2. The van der Waals surface area contributed by atoms with E-state index in [9.17, 15) is 50.3 Å². The molecule has 0 aromatic heterocycles. The summed E-state index contributed by atoms with van der Waals surface area (Å²) in [4.78, 5) is 36.2. The van der Waals surface area contributed by atoms with E-state index >= 15 is 0 Å². The minimum absolute atomic E-state index is 0.0548. The van der Waals surface area contributed by atoms with Crippen LogP contribution in [0.3, 0.4) is 0 Å². The summed E-state index contributed by atoms with van der Waals surface area (Å²) in [5.74, 6) is -1.02. The first-order chi connectivity index (χ1) is 39.9. The van der Waals surface area contributed by atoms with Gasteiger partial charge in [-0.2, -0.15) is 0 Å². The van der Waals surface area contributed by atoms with Gasteiger partial charge in [-0.15, -0.1) is 0 Å². The summed E-state index contributed by atoms with van der Waals surface area (Å²) in [6, 6.07) is 2.82. The predicted molar refractivity (Wildman–Crippen MR) is 325 cm³/mol. The Morgan fingerprint density at radius 2 is 1.09 bits per heavy atom. The standard InChI is InChI=1S/C65H119N3O14/c1-3-5-7-9-11-13-15-17-18-19-20-21-22-23-24-25-26-27-29-31-33-35-39-43-59(72)67-54(61(74)57(71)42-38-34-32-30-28-16-14-12-10-8-6-4-2)51-80-65-64(63(76)62(75)58(50-69)82-65)81-52-79-47-41-37-36-40-46-66-60(73)49-53-44-45-56(70)55(48-53)68(77)78/h44-45,48,54,57-58,61-65,69-71,74-76H,3-43,46-47,49-52H2,1-2H3,(H,66,73)(H,67,72)/t54?,57?,58-,61?,62+,63+,64-,65+/m1/s1. The molecule has 478 valence electrons. The highest BCUT2D eigenvalue weighted by Gasteiger charge is 2.46. The normalized spacial score (nSPS) is 18.4. The Morgan fingerprint density at radius 3 is 1.57 bits per heavy atom. The predicted octanol–water partition coefficient (Wildman–Crippen LogP) is 13.0. The second kappa shape index (κ2) is 51.2. The number of unbranched alkanes of at least 4 members (excludes halogenated alkanes) is 36. The molecule has 1 saturated heterocycles. The maximum Gasteiger partial charge on any atom is 0.310 e. The van der Waals surface area contributed by atoms with Crippen molar-refractivity contribution in [2.75, 3.05) is 33.2 Å². The summed E-state index contributed by atoms with van der Waals surface area (Å²) in [6.45, 7) is 4.02. The van der Waals surface area contributed by atoms with Gasteiger partial charge in [0, 0.05) is 25.6 Å². The number of hydrogen-bond donors (Lipinski definition) is 8. The highest BCUT2D eigenvalue weighted by Crippen LogP contribution is 2.28. The lowest BCUT2D eigenvalue weighted by atomic mass is 9.98. The van der Waals surface area contributed by atoms with Gasteiger partial charge >= 0.3 is 5.69 Å². The Bertz CT molecular complexity index is 1700. The van der Waals surface area contributed by atoms with Gasteiger partial charge in [-0.3, -0.25) is 19.7 Å². The zero-order valence-electron chi connectivity index (χ0n) is 51.5. The summed E-state index contributed by atoms with van der Waals surface area (Å²) in [5.41, 5.74) is -0.0328. The van der Waals surface area contributed by atoms with E-state index in [-0.39, 0.29) is 38.1 Å². The van der Waals surface area contributed by atoms with Crippen LogP contribution >= 0.6 is 0 Å². The van der Waals surface area contributed by atoms with Gasteiger partial charge in [0.15, 0.2) is 12.0 Å². The first-order valence-corrected chi connectivity index (χ1v) is 33.2. The Kier molecular flexibility index (Phi) is 46.9. The Hall–Kier alpha value is -3.00. The van der Waals surface area contributed by atoms with Gasteiger partial charge in [0.2, 0.25) is 11.8 Å². The average Bonchev–Trinajstić information content (AvgIpc) is 3.53. The van der Waals surface area contributed by atoms with Gasteiger partial charge in [0.1, 0.15) is 37.3 Å². The van der Waals surface area contributed by atoms with E-state index in [1.807, 2.05) is 0 Å². The summed E-state index contributed by atoms with van der Waals surface area (Å²) in [5, 5.41) is 81.1. The molecule has 2 amide bonds. The van der Waals surface area contributed by atoms with Crippen LogP contribution in [0.25, 0.3) is 0 Å². The van der Waals surface area contributed by atoms with Crippen LogP contribution in [0.1, 0.15) is 283 Å². The van der Waals surface area contributed by atoms with Crippen LogP contribution in [0.15, 0.2) is 18.2 Å². The largest absolute Gasteiger partial charge is 0.502 e. The second-order valence-corrected chi connectivity index (χ2v) is 23.7. The van der Waals surface area contributed by atoms with Gasteiger partial charge in [-0.05, 0) is 37.3 Å². The first-order valence-electron chi connectivity index (χ1n) is 33.2. The van der Waals surface area contributed by atoms with Crippen molar-refractivity contribution < 1.29 is 64.1 Å². The number of aliphatic hydroxyl groups excluding tert-OH is 5. The molecule has 0 radical (unpaired) electrons. The molecule has 17 nitrogen and oxygen atoms in total. The van der Waals surface area contributed by atoms with Gasteiger partial charge in [-0.1, -0.05) is 251 Å². The third kappa shape index (κ3) is 37.4. The fourth-order valence-electron chi connectivity index (χ4n) is 10.9. The molecular formula is C65H119N3O14. The molecule has 0 spiro atoms. The number of phenolic OH excluding ortho intramolecular Hbond substituents is 1. The highest BCUT2D eigenvalue weighted by molar-refractivity contribution is 5.79. The molecular weight excluding hydrogens is 1050 g/mol. The molecule has 1 heterocycles. The van der Waals surface area contributed by atoms with Crippen LogP contribution in [-0.4, -0.2) is 129 Å². The SMILES string of the molecule is CCCCCCCCCCCCCCCCCCCCCCCCCC(=O)NC(CO[C@H]1O[C@H](CO)[C@H](O)[C@H](O)[C@H]1OCOCCCCCCNC(=O)Cc1ccc(O)c([N+](=O)[O-])c1)C(O)C(O)CCCCCCCCCCCCCC. The second-order valence-electron chi connectivity index (χ2n) is 23.7. The van der Waals surface area contributed by atoms with E-state index in [4.69, 9.17) is 18.9 Å². The van der Waals surface area contributed by atoms with E-state index in [0.717, 1.165) is 57.8 Å². The fourth-order valence-corrected chi connectivity index (χ4v) is 10.9. The van der Waals surface area contributed by atoms with Crippen molar-refractivity contribution in [1.29, 1.82) is 0 Å². The molecule has 1 aliphatic heterocycles. The number of hydrogen-bond acceptors (Lipinski definition) is 14. The van der Waals surface area contributed by atoms with Crippen molar-refractivity contribution in [1.82, 2.24) is 10.6 Å². The van der Waals surface area contributed by atoms with Gasteiger partial charge in [0.05, 0.1) is 36.7 Å². The van der Waals surface area contributed by atoms with Crippen LogP contribution in [0.2, 0.25) is 0 Å². The van der Waals surface area contributed by atoms with E-state index < -0.39 is 71.9 Å². The van der Waals surface area contributed by atoms with Crippen molar-refractivity contribution in [2.45, 2.75) is 332 Å². The third-order valence-corrected chi connectivity index (χ3v) is 16.3. The first kappa shape index (κ1) is 75.1. The van der Waals surface area contributed by atoms with Crippen LogP contribution in [0.5, 0.6) is 5.75 Å². The zero-order chi connectivity index (χ0) is 59.7. The minimum atomic E-state index is -1.54. The molecule has 3 unspecified atom stereocenters. The molecule has 8 N–H and O–H groups in total. The summed E-state index contributed by atoms with van der Waals surface area (Å²) < 4.78 is 23.5. The lowest BCUT2D eigenvalue weighted by Crippen LogP contribution is -2.61. The monoisotopic (exact) mass is 1170 g/mol. The highest BCUT2D eigenvalue weighted by atomic mass is 16.7. The number of rotatable bonds is 57. The molecule has 0 bridgehead atoms. The number of phenols is 1. The number of ether oxygens (including phenoxy) is 4. The number of nitrogens with zero attached hydrogens (tertiary/aromatic N) is 1. The molecule has 82 heavy (non-hydrogen) atoms. The zero-order valence-corrected chi connectivity index (χ0v) is 51.5. The number of nitro groups is 1. The maximum atomic E-state index is 13.4. The lowest BCUT2D eigenvalue weighted by molar-refractivity contribution is -0.385. The molecule has 0 aliphatic carbocycles. The number of aliphatic hydroxyl groups is 5. The quantitative estimate of drug-likeness (QED) is 0.0131. The number of nitro benzene ring substituents is 1. The molecule has 2 rings (SSSR count). The fraction of sp³-hybridized carbons (Fsp3) is 0.877. The van der Waals surface area contributed by atoms with Crippen LogP contribution in [0, 0.1) is 10.1 Å². The van der Waals surface area contributed by atoms with Crippen molar-refractivity contribution in [3.8, 4) is 5.75 Å². The third-order valence-electron chi connectivity index (χ3n) is 16.3. The Balaban J connectivity index is 1.78. The summed E-state index contributed by atoms with van der Waals surface area (Å²) in [6.07, 6.45) is 37.9. The number of carbonyl (C=O) groups excluding carboxylic acids is 2. The molecule has 17 heteroatoms. The summed E-state index contributed by atoms with van der Waals surface area (Å²) in [7, 11) is 0. The van der Waals surface area contributed by atoms with E-state index in [1.54, 1.807) is 0 Å². The minimum Gasteiger partial charge on any atom is -0.502 e. The average molecular weight is 1170 g/mol. The van der Waals surface area contributed by atoms with E-state index in [2.05, 4.69) is 24.5 Å². The van der Waals surface area contributed by atoms with Crippen LogP contribution in [-0.2, 0) is 35.0 Å². The summed E-state index contributed by atoms with van der Waals surface area (Å²) >= 11 is 0. The van der Waals surface area contributed by atoms with Gasteiger partial charge in [0.25, 0.3) is 0 Å². The topological polar surface area (TPSA) is 260 Å². The molecule has 0 saturated carbocycles.